The lowest BCUT2D eigenvalue weighted by atomic mass is 9.84. The van der Waals surface area contributed by atoms with Gasteiger partial charge < -0.3 is 10.2 Å². The number of hydrogen-bond donors (Lipinski definition) is 2. The number of allylic oxidation sites excluding steroid dienone is 2. The summed E-state index contributed by atoms with van der Waals surface area (Å²) in [5.41, 5.74) is 0. The Labute approximate surface area is 66.5 Å². The summed E-state index contributed by atoms with van der Waals surface area (Å²) in [5.74, 6) is 1.74. The van der Waals surface area contributed by atoms with Gasteiger partial charge in [0, 0.05) is 13.2 Å². The Kier molecular flexibility index (Phi) is 1.74. The predicted octanol–water partition coefficient (Wildman–Crippen LogP) is 0.409. The number of rotatable bonds is 2. The maximum Gasteiger partial charge on any atom is 0.0468 e. The number of aliphatic hydroxyl groups excluding tert-OH is 2. The maximum absolute atomic E-state index is 9.04. The minimum Gasteiger partial charge on any atom is -0.396 e. The summed E-state index contributed by atoms with van der Waals surface area (Å²) < 4.78 is 0. The zero-order valence-electron chi connectivity index (χ0n) is 6.48. The molecule has 0 heterocycles. The molecule has 0 aromatic rings. The molecule has 62 valence electrons. The molecule has 0 saturated heterocycles. The lowest BCUT2D eigenvalue weighted by Gasteiger charge is -2.23. The highest BCUT2D eigenvalue weighted by molar-refractivity contribution is 5.13. The van der Waals surface area contributed by atoms with Gasteiger partial charge in [-0.1, -0.05) is 12.2 Å². The Balaban J connectivity index is 2.15. The van der Waals surface area contributed by atoms with Crippen LogP contribution in [-0.4, -0.2) is 23.4 Å². The van der Waals surface area contributed by atoms with E-state index in [1.807, 2.05) is 0 Å². The van der Waals surface area contributed by atoms with Crippen LogP contribution in [0.15, 0.2) is 12.2 Å². The molecule has 0 spiro atoms. The van der Waals surface area contributed by atoms with Gasteiger partial charge in [0.1, 0.15) is 0 Å². The first-order valence-electron chi connectivity index (χ1n) is 4.27. The largest absolute Gasteiger partial charge is 0.396 e. The van der Waals surface area contributed by atoms with Gasteiger partial charge in [-0.2, -0.15) is 0 Å². The lowest BCUT2D eigenvalue weighted by Crippen LogP contribution is -2.25. The van der Waals surface area contributed by atoms with Crippen molar-refractivity contribution in [3.8, 4) is 0 Å². The van der Waals surface area contributed by atoms with E-state index in [4.69, 9.17) is 10.2 Å². The summed E-state index contributed by atoms with van der Waals surface area (Å²) >= 11 is 0. The molecule has 0 radical (unpaired) electrons. The van der Waals surface area contributed by atoms with Crippen molar-refractivity contribution in [1.29, 1.82) is 0 Å². The smallest absolute Gasteiger partial charge is 0.0468 e. The molecule has 0 aliphatic heterocycles. The van der Waals surface area contributed by atoms with Crippen LogP contribution in [-0.2, 0) is 0 Å². The second-order valence-corrected chi connectivity index (χ2v) is 3.64. The predicted molar refractivity (Wildman–Crippen MR) is 41.9 cm³/mol. The van der Waals surface area contributed by atoms with Crippen LogP contribution in [0.2, 0.25) is 0 Å². The van der Waals surface area contributed by atoms with E-state index in [-0.39, 0.29) is 13.2 Å². The minimum atomic E-state index is 0.233. The number of aliphatic hydroxyl groups is 2. The normalized spacial score (nSPS) is 47.1. The Morgan fingerprint density at radius 3 is 1.82 bits per heavy atom. The molecular weight excluding hydrogens is 140 g/mol. The molecule has 1 fully saturated rings. The summed E-state index contributed by atoms with van der Waals surface area (Å²) in [4.78, 5) is 0. The Morgan fingerprint density at radius 2 is 1.45 bits per heavy atom. The van der Waals surface area contributed by atoms with E-state index < -0.39 is 0 Å². The highest BCUT2D eigenvalue weighted by Gasteiger charge is 2.43. The zero-order chi connectivity index (χ0) is 7.84. The standard InChI is InChI=1S/C9H14O2/c10-4-8-6-1-2-7(3-6)9(8)5-11/h1-2,6-11H,3-5H2. The summed E-state index contributed by atoms with van der Waals surface area (Å²) in [6.07, 6.45) is 5.53. The third-order valence-corrected chi connectivity index (χ3v) is 3.22. The fraction of sp³-hybridized carbons (Fsp3) is 0.778. The molecule has 2 bridgehead atoms. The monoisotopic (exact) mass is 154 g/mol. The molecule has 11 heavy (non-hydrogen) atoms. The van der Waals surface area contributed by atoms with Gasteiger partial charge in [0.15, 0.2) is 0 Å². The number of hydrogen-bond acceptors (Lipinski definition) is 2. The molecule has 2 nitrogen and oxygen atoms in total. The fourth-order valence-electron chi connectivity index (χ4n) is 2.57. The van der Waals surface area contributed by atoms with Crippen molar-refractivity contribution in [2.24, 2.45) is 23.7 Å². The molecule has 1 saturated carbocycles. The molecule has 2 aliphatic carbocycles. The van der Waals surface area contributed by atoms with Crippen LogP contribution >= 0.6 is 0 Å². The molecule has 4 unspecified atom stereocenters. The van der Waals surface area contributed by atoms with Gasteiger partial charge in [0.2, 0.25) is 0 Å². The molecule has 0 aromatic heterocycles. The zero-order valence-corrected chi connectivity index (χ0v) is 6.48. The van der Waals surface area contributed by atoms with Crippen molar-refractivity contribution in [2.45, 2.75) is 6.42 Å². The van der Waals surface area contributed by atoms with Crippen molar-refractivity contribution >= 4 is 0 Å². The molecule has 0 amide bonds. The van der Waals surface area contributed by atoms with Gasteiger partial charge in [-0.05, 0) is 30.1 Å². The van der Waals surface area contributed by atoms with Gasteiger partial charge in [-0.25, -0.2) is 0 Å². The van der Waals surface area contributed by atoms with Crippen LogP contribution in [0, 0.1) is 23.7 Å². The van der Waals surface area contributed by atoms with E-state index in [1.165, 1.54) is 0 Å². The van der Waals surface area contributed by atoms with Crippen LogP contribution in [0.25, 0.3) is 0 Å². The first kappa shape index (κ1) is 7.32. The van der Waals surface area contributed by atoms with E-state index >= 15 is 0 Å². The Morgan fingerprint density at radius 1 is 1.00 bits per heavy atom. The summed E-state index contributed by atoms with van der Waals surface area (Å²) in [6, 6.07) is 0. The molecule has 2 heteroatoms. The van der Waals surface area contributed by atoms with Crippen molar-refractivity contribution < 1.29 is 10.2 Å². The molecule has 2 aliphatic rings. The fourth-order valence-corrected chi connectivity index (χ4v) is 2.57. The minimum absolute atomic E-state index is 0.233. The molecule has 2 rings (SSSR count). The van der Waals surface area contributed by atoms with Crippen molar-refractivity contribution in [2.75, 3.05) is 13.2 Å². The topological polar surface area (TPSA) is 40.5 Å². The second kappa shape index (κ2) is 2.61. The maximum atomic E-state index is 9.04. The highest BCUT2D eigenvalue weighted by atomic mass is 16.3. The van der Waals surface area contributed by atoms with Crippen molar-refractivity contribution in [3.63, 3.8) is 0 Å². The average Bonchev–Trinajstić information content (AvgIpc) is 2.60. The first-order chi connectivity index (χ1) is 5.36. The second-order valence-electron chi connectivity index (χ2n) is 3.64. The molecular formula is C9H14O2. The van der Waals surface area contributed by atoms with E-state index in [2.05, 4.69) is 12.2 Å². The van der Waals surface area contributed by atoms with E-state index in [0.29, 0.717) is 23.7 Å². The third-order valence-electron chi connectivity index (χ3n) is 3.22. The van der Waals surface area contributed by atoms with E-state index in [9.17, 15) is 0 Å². The third kappa shape index (κ3) is 0.932. The summed E-state index contributed by atoms with van der Waals surface area (Å²) in [7, 11) is 0. The summed E-state index contributed by atoms with van der Waals surface area (Å²) in [6.45, 7) is 0.466. The number of fused-ring (bicyclic) bond motifs is 2. The van der Waals surface area contributed by atoms with E-state index in [0.717, 1.165) is 6.42 Å². The highest BCUT2D eigenvalue weighted by Crippen LogP contribution is 2.47. The van der Waals surface area contributed by atoms with Crippen LogP contribution < -0.4 is 0 Å². The molecule has 4 atom stereocenters. The van der Waals surface area contributed by atoms with Gasteiger partial charge in [0.05, 0.1) is 0 Å². The molecule has 0 aromatic carbocycles. The van der Waals surface area contributed by atoms with Crippen LogP contribution in [0.3, 0.4) is 0 Å². The van der Waals surface area contributed by atoms with Crippen LogP contribution in [0.1, 0.15) is 6.42 Å². The van der Waals surface area contributed by atoms with Gasteiger partial charge in [0.25, 0.3) is 0 Å². The van der Waals surface area contributed by atoms with Crippen molar-refractivity contribution in [3.05, 3.63) is 12.2 Å². The summed E-state index contributed by atoms with van der Waals surface area (Å²) in [5, 5.41) is 18.1. The SMILES string of the molecule is OCC1C2C=CC(C2)C1CO. The Hall–Kier alpha value is -0.340. The first-order valence-corrected chi connectivity index (χ1v) is 4.27. The van der Waals surface area contributed by atoms with Crippen LogP contribution in [0.5, 0.6) is 0 Å². The quantitative estimate of drug-likeness (QED) is 0.565. The van der Waals surface area contributed by atoms with Crippen LogP contribution in [0.4, 0.5) is 0 Å². The molecule has 2 N–H and O–H groups in total. The van der Waals surface area contributed by atoms with Gasteiger partial charge in [-0.15, -0.1) is 0 Å². The lowest BCUT2D eigenvalue weighted by molar-refractivity contribution is 0.112. The average molecular weight is 154 g/mol. The van der Waals surface area contributed by atoms with Gasteiger partial charge in [-0.3, -0.25) is 0 Å². The van der Waals surface area contributed by atoms with E-state index in [1.54, 1.807) is 0 Å². The van der Waals surface area contributed by atoms with Crippen molar-refractivity contribution in [1.82, 2.24) is 0 Å². The Bertz CT molecular complexity index is 158. The van der Waals surface area contributed by atoms with Gasteiger partial charge >= 0.3 is 0 Å².